The van der Waals surface area contributed by atoms with E-state index in [1.165, 1.54) is 0 Å². The molecule has 1 aromatic heterocycles. The fourth-order valence-corrected chi connectivity index (χ4v) is 5.00. The Morgan fingerprint density at radius 2 is 1.82 bits per heavy atom. The number of aromatic nitrogens is 1. The number of pyridine rings is 1. The van der Waals surface area contributed by atoms with Gasteiger partial charge >= 0.3 is 0 Å². The second kappa shape index (κ2) is 9.02. The van der Waals surface area contributed by atoms with E-state index in [4.69, 9.17) is 10.5 Å². The Kier molecular flexibility index (Phi) is 5.94. The number of fused-ring (bicyclic) bond motifs is 1. The quantitative estimate of drug-likeness (QED) is 0.644. The van der Waals surface area contributed by atoms with E-state index in [2.05, 4.69) is 48.0 Å². The van der Waals surface area contributed by atoms with Crippen molar-refractivity contribution < 1.29 is 9.53 Å². The summed E-state index contributed by atoms with van der Waals surface area (Å²) in [5, 5.41) is 1.02. The first-order chi connectivity index (χ1) is 16.0. The molecule has 2 aromatic carbocycles. The van der Waals surface area contributed by atoms with Crippen molar-refractivity contribution in [2.45, 2.75) is 26.7 Å². The number of ether oxygens (including phenoxy) is 1. The average Bonchev–Trinajstić information content (AvgIpc) is 2.84. The van der Waals surface area contributed by atoms with Crippen LogP contribution < -0.4 is 10.6 Å². The molecule has 3 aromatic rings. The number of morpholine rings is 1. The zero-order valence-corrected chi connectivity index (χ0v) is 19.5. The number of nitrogens with two attached hydrogens (primary N) is 1. The molecular weight excluding hydrogens is 412 g/mol. The third-order valence-corrected chi connectivity index (χ3v) is 7.04. The van der Waals surface area contributed by atoms with Gasteiger partial charge in [-0.2, -0.15) is 0 Å². The van der Waals surface area contributed by atoms with E-state index in [1.807, 2.05) is 23.1 Å². The second-order valence-corrected chi connectivity index (χ2v) is 9.37. The maximum Gasteiger partial charge on any atom is 0.254 e. The molecule has 2 aliphatic rings. The highest BCUT2D eigenvalue weighted by atomic mass is 16.5. The number of rotatable bonds is 3. The van der Waals surface area contributed by atoms with E-state index >= 15 is 0 Å². The molecule has 0 unspecified atom stereocenters. The topological polar surface area (TPSA) is 71.7 Å². The second-order valence-electron chi connectivity index (χ2n) is 9.37. The summed E-state index contributed by atoms with van der Waals surface area (Å²) in [6, 6.07) is 14.4. The van der Waals surface area contributed by atoms with Crippen molar-refractivity contribution in [1.29, 1.82) is 0 Å². The van der Waals surface area contributed by atoms with Gasteiger partial charge in [-0.3, -0.25) is 4.79 Å². The predicted octanol–water partition coefficient (Wildman–Crippen LogP) is 4.50. The highest BCUT2D eigenvalue weighted by Crippen LogP contribution is 2.34. The number of piperidine rings is 1. The summed E-state index contributed by atoms with van der Waals surface area (Å²) < 4.78 is 5.49. The van der Waals surface area contributed by atoms with Crippen LogP contribution in [0.4, 0.5) is 11.5 Å². The molecule has 3 heterocycles. The summed E-state index contributed by atoms with van der Waals surface area (Å²) in [5.41, 5.74) is 12.0. The fraction of sp³-hybridized carbons (Fsp3) is 0.407. The number of anilines is 2. The van der Waals surface area contributed by atoms with Crippen molar-refractivity contribution in [2.24, 2.45) is 5.92 Å². The minimum absolute atomic E-state index is 0.130. The molecule has 0 bridgehead atoms. The first-order valence-corrected chi connectivity index (χ1v) is 11.9. The van der Waals surface area contributed by atoms with Gasteiger partial charge in [0.2, 0.25) is 0 Å². The van der Waals surface area contributed by atoms with Gasteiger partial charge in [-0.1, -0.05) is 25.1 Å². The number of benzene rings is 2. The summed E-state index contributed by atoms with van der Waals surface area (Å²) in [7, 11) is 0. The summed E-state index contributed by atoms with van der Waals surface area (Å²) in [6.45, 7) is 9.01. The van der Waals surface area contributed by atoms with Gasteiger partial charge in [0.15, 0.2) is 0 Å². The number of nitrogens with zero attached hydrogens (tertiary/aromatic N) is 3. The third kappa shape index (κ3) is 4.27. The van der Waals surface area contributed by atoms with Crippen molar-refractivity contribution in [2.75, 3.05) is 50.0 Å². The molecule has 2 fully saturated rings. The Morgan fingerprint density at radius 3 is 2.58 bits per heavy atom. The van der Waals surface area contributed by atoms with Crippen LogP contribution >= 0.6 is 0 Å². The molecule has 172 valence electrons. The lowest BCUT2D eigenvalue weighted by atomic mass is 9.92. The number of likely N-dealkylation sites (tertiary alicyclic amines) is 1. The van der Waals surface area contributed by atoms with Gasteiger partial charge in [0.1, 0.15) is 5.82 Å². The normalized spacial score (nSPS) is 17.5. The molecule has 2 aliphatic heterocycles. The highest BCUT2D eigenvalue weighted by Gasteiger charge is 2.24. The van der Waals surface area contributed by atoms with Crippen LogP contribution in [0.1, 0.15) is 35.7 Å². The molecular formula is C27H32N4O2. The monoisotopic (exact) mass is 444 g/mol. The van der Waals surface area contributed by atoms with E-state index in [-0.39, 0.29) is 5.91 Å². The number of hydrogen-bond donors (Lipinski definition) is 1. The van der Waals surface area contributed by atoms with Crippen LogP contribution in [0.25, 0.3) is 22.0 Å². The smallest absolute Gasteiger partial charge is 0.254 e. The SMILES string of the molecule is Cc1cccc(C(=O)N2CCC(C)CC2)c1-c1ccc2nc(N)c(N3CCOCC3)cc2c1. The molecule has 5 rings (SSSR count). The van der Waals surface area contributed by atoms with Gasteiger partial charge in [0.25, 0.3) is 5.91 Å². The van der Waals surface area contributed by atoms with Crippen LogP contribution in [0.3, 0.4) is 0 Å². The highest BCUT2D eigenvalue weighted by molar-refractivity contribution is 6.03. The standard InChI is InChI=1S/C27H32N4O2/c1-18-8-10-31(11-9-18)27(32)22-5-3-4-19(2)25(22)20-6-7-23-21(16-20)17-24(26(28)29-23)30-12-14-33-15-13-30/h3-7,16-18H,8-15H2,1-2H3,(H2,28,29). The Labute approximate surface area is 195 Å². The molecule has 0 radical (unpaired) electrons. The molecule has 0 spiro atoms. The molecule has 6 nitrogen and oxygen atoms in total. The minimum Gasteiger partial charge on any atom is -0.382 e. The Morgan fingerprint density at radius 1 is 1.06 bits per heavy atom. The minimum atomic E-state index is 0.130. The zero-order chi connectivity index (χ0) is 22.9. The van der Waals surface area contributed by atoms with Crippen LogP contribution in [0.15, 0.2) is 42.5 Å². The van der Waals surface area contributed by atoms with Crippen molar-refractivity contribution >= 4 is 28.3 Å². The van der Waals surface area contributed by atoms with E-state index in [0.29, 0.717) is 24.9 Å². The maximum atomic E-state index is 13.5. The lowest BCUT2D eigenvalue weighted by Crippen LogP contribution is -2.38. The number of nitrogen functional groups attached to an aromatic ring is 1. The molecule has 0 aliphatic carbocycles. The van der Waals surface area contributed by atoms with E-state index in [0.717, 1.165) is 77.9 Å². The van der Waals surface area contributed by atoms with Gasteiger partial charge in [0.05, 0.1) is 24.4 Å². The molecule has 0 atom stereocenters. The summed E-state index contributed by atoms with van der Waals surface area (Å²) in [4.78, 5) is 22.4. The average molecular weight is 445 g/mol. The van der Waals surface area contributed by atoms with Gasteiger partial charge in [-0.15, -0.1) is 0 Å². The van der Waals surface area contributed by atoms with E-state index in [1.54, 1.807) is 0 Å². The Bertz CT molecular complexity index is 1180. The molecule has 6 heteroatoms. The summed E-state index contributed by atoms with van der Waals surface area (Å²) >= 11 is 0. The lowest BCUT2D eigenvalue weighted by Gasteiger charge is -2.31. The van der Waals surface area contributed by atoms with Gasteiger partial charge in [-0.25, -0.2) is 4.98 Å². The zero-order valence-electron chi connectivity index (χ0n) is 19.5. The molecule has 2 saturated heterocycles. The number of hydrogen-bond acceptors (Lipinski definition) is 5. The Balaban J connectivity index is 1.55. The molecule has 2 N–H and O–H groups in total. The predicted molar refractivity (Wildman–Crippen MR) is 134 cm³/mol. The van der Waals surface area contributed by atoms with Crippen LogP contribution in [-0.4, -0.2) is 55.2 Å². The number of carbonyl (C=O) groups is 1. The first-order valence-electron chi connectivity index (χ1n) is 11.9. The number of amides is 1. The van der Waals surface area contributed by atoms with E-state index < -0.39 is 0 Å². The van der Waals surface area contributed by atoms with Crippen LogP contribution in [0.2, 0.25) is 0 Å². The van der Waals surface area contributed by atoms with Gasteiger partial charge in [-0.05, 0) is 66.6 Å². The lowest BCUT2D eigenvalue weighted by molar-refractivity contribution is 0.0698. The number of carbonyl (C=O) groups excluding carboxylic acids is 1. The third-order valence-electron chi connectivity index (χ3n) is 7.04. The van der Waals surface area contributed by atoms with Crippen molar-refractivity contribution in [1.82, 2.24) is 9.88 Å². The molecule has 0 saturated carbocycles. The van der Waals surface area contributed by atoms with E-state index in [9.17, 15) is 4.79 Å². The molecule has 33 heavy (non-hydrogen) atoms. The van der Waals surface area contributed by atoms with Crippen molar-refractivity contribution in [3.05, 3.63) is 53.6 Å². The Hall–Kier alpha value is -3.12. The van der Waals surface area contributed by atoms with Crippen LogP contribution in [0.5, 0.6) is 0 Å². The summed E-state index contributed by atoms with van der Waals surface area (Å²) in [6.07, 6.45) is 2.14. The maximum absolute atomic E-state index is 13.5. The first kappa shape index (κ1) is 21.7. The van der Waals surface area contributed by atoms with Crippen molar-refractivity contribution in [3.63, 3.8) is 0 Å². The fourth-order valence-electron chi connectivity index (χ4n) is 5.00. The largest absolute Gasteiger partial charge is 0.382 e. The van der Waals surface area contributed by atoms with Gasteiger partial charge < -0.3 is 20.3 Å². The number of aryl methyl sites for hydroxylation is 1. The molecule has 1 amide bonds. The summed E-state index contributed by atoms with van der Waals surface area (Å²) in [5.74, 6) is 1.36. The van der Waals surface area contributed by atoms with Crippen LogP contribution in [0, 0.1) is 12.8 Å². The van der Waals surface area contributed by atoms with Crippen molar-refractivity contribution in [3.8, 4) is 11.1 Å². The van der Waals surface area contributed by atoms with Gasteiger partial charge in [0, 0.05) is 37.1 Å². The van der Waals surface area contributed by atoms with Crippen LogP contribution in [-0.2, 0) is 4.74 Å².